The maximum atomic E-state index is 14.1. The maximum absolute atomic E-state index is 14.1. The number of aromatic nitrogens is 2. The second kappa shape index (κ2) is 7.76. The molecule has 2 heterocycles. The number of amides is 2. The highest BCUT2D eigenvalue weighted by molar-refractivity contribution is 5.74. The molecule has 1 aliphatic heterocycles. The number of hydrogen-bond donors (Lipinski definition) is 1. The first-order valence-electron chi connectivity index (χ1n) is 8.33. The van der Waals surface area contributed by atoms with Crippen LogP contribution in [0.25, 0.3) is 5.69 Å². The van der Waals surface area contributed by atoms with E-state index in [4.69, 9.17) is 0 Å². The number of urea groups is 1. The van der Waals surface area contributed by atoms with Crippen LogP contribution in [0.1, 0.15) is 25.0 Å². The van der Waals surface area contributed by atoms with Crippen LogP contribution < -0.4 is 5.32 Å². The molecule has 9 heteroatoms. The second-order valence-corrected chi connectivity index (χ2v) is 6.14. The number of rotatable bonds is 4. The summed E-state index contributed by atoms with van der Waals surface area (Å²) >= 11 is 0. The number of nitrogens with zero attached hydrogens (tertiary/aromatic N) is 3. The number of nitrogens with one attached hydrogen (secondary N) is 1. The Morgan fingerprint density at radius 3 is 2.46 bits per heavy atom. The fourth-order valence-electron chi connectivity index (χ4n) is 2.91. The SMILES string of the molecule is O=C(N[C@@H](F)Cc1ccn(-c2c(F)cc(F)cc2F)n1)N1CCCCC1. The summed E-state index contributed by atoms with van der Waals surface area (Å²) in [6.45, 7) is 1.19. The third-order valence-electron chi connectivity index (χ3n) is 4.17. The van der Waals surface area contributed by atoms with Crippen LogP contribution in [0, 0.1) is 17.5 Å². The van der Waals surface area contributed by atoms with Gasteiger partial charge >= 0.3 is 6.03 Å². The van der Waals surface area contributed by atoms with E-state index in [0.29, 0.717) is 25.2 Å². The number of halogens is 4. The van der Waals surface area contributed by atoms with Gasteiger partial charge in [0.05, 0.1) is 5.69 Å². The minimum Gasteiger partial charge on any atom is -0.325 e. The summed E-state index contributed by atoms with van der Waals surface area (Å²) in [7, 11) is 0. The average molecular weight is 370 g/mol. The van der Waals surface area contributed by atoms with Gasteiger partial charge in [0.2, 0.25) is 0 Å². The van der Waals surface area contributed by atoms with Crippen molar-refractivity contribution in [1.29, 1.82) is 0 Å². The lowest BCUT2D eigenvalue weighted by atomic mass is 10.1. The monoisotopic (exact) mass is 370 g/mol. The Morgan fingerprint density at radius 2 is 1.81 bits per heavy atom. The van der Waals surface area contributed by atoms with E-state index in [2.05, 4.69) is 10.4 Å². The number of alkyl halides is 1. The predicted molar refractivity (Wildman–Crippen MR) is 86.0 cm³/mol. The summed E-state index contributed by atoms with van der Waals surface area (Å²) in [5, 5.41) is 6.15. The molecule has 1 aromatic heterocycles. The Morgan fingerprint density at radius 1 is 1.15 bits per heavy atom. The van der Waals surface area contributed by atoms with Crippen molar-refractivity contribution in [1.82, 2.24) is 20.0 Å². The summed E-state index contributed by atoms with van der Waals surface area (Å²) in [6, 6.07) is 1.97. The molecule has 1 aromatic carbocycles. The largest absolute Gasteiger partial charge is 0.325 e. The van der Waals surface area contributed by atoms with Crippen LogP contribution in [0.3, 0.4) is 0 Å². The van der Waals surface area contributed by atoms with Gasteiger partial charge in [0, 0.05) is 37.8 Å². The number of likely N-dealkylation sites (tertiary alicyclic amines) is 1. The van der Waals surface area contributed by atoms with E-state index in [0.717, 1.165) is 23.9 Å². The van der Waals surface area contributed by atoms with Gasteiger partial charge < -0.3 is 10.2 Å². The van der Waals surface area contributed by atoms with E-state index < -0.39 is 35.5 Å². The van der Waals surface area contributed by atoms with Crippen LogP contribution in [0.2, 0.25) is 0 Å². The van der Waals surface area contributed by atoms with Crippen LogP contribution in [0.4, 0.5) is 22.4 Å². The van der Waals surface area contributed by atoms with Crippen molar-refractivity contribution in [2.75, 3.05) is 13.1 Å². The van der Waals surface area contributed by atoms with Gasteiger partial charge in [-0.05, 0) is 25.3 Å². The maximum Gasteiger partial charge on any atom is 0.319 e. The molecule has 0 radical (unpaired) electrons. The molecule has 0 bridgehead atoms. The van der Waals surface area contributed by atoms with Crippen molar-refractivity contribution in [3.05, 3.63) is 47.5 Å². The molecular weight excluding hydrogens is 352 g/mol. The fraction of sp³-hybridized carbons (Fsp3) is 0.412. The molecule has 1 fully saturated rings. The van der Waals surface area contributed by atoms with Crippen LogP contribution in [0.5, 0.6) is 0 Å². The Kier molecular flexibility index (Phi) is 5.43. The van der Waals surface area contributed by atoms with Gasteiger partial charge in [-0.25, -0.2) is 27.0 Å². The van der Waals surface area contributed by atoms with E-state index in [1.54, 1.807) is 4.90 Å². The standard InChI is InChI=1S/C17H18F4N4O/c18-11-8-13(19)16(14(20)9-11)25-7-4-12(23-25)10-15(21)22-17(26)24-5-2-1-3-6-24/h4,7-9,15H,1-3,5-6,10H2,(H,22,26)/t15-/m1/s1. The van der Waals surface area contributed by atoms with Crippen LogP contribution in [0.15, 0.2) is 24.4 Å². The molecule has 0 aliphatic carbocycles. The first kappa shape index (κ1) is 18.2. The molecule has 1 N–H and O–H groups in total. The minimum absolute atomic E-state index is 0.194. The number of carbonyl (C=O) groups is 1. The average Bonchev–Trinajstić information content (AvgIpc) is 3.02. The molecule has 0 spiro atoms. The molecule has 1 atom stereocenters. The molecular formula is C17H18F4N4O. The van der Waals surface area contributed by atoms with Crippen molar-refractivity contribution >= 4 is 6.03 Å². The summed E-state index contributed by atoms with van der Waals surface area (Å²) in [6.07, 6.45) is 2.14. The van der Waals surface area contributed by atoms with Crippen molar-refractivity contribution in [2.24, 2.45) is 0 Å². The molecule has 1 aliphatic rings. The highest BCUT2D eigenvalue weighted by Crippen LogP contribution is 2.19. The zero-order valence-corrected chi connectivity index (χ0v) is 13.9. The second-order valence-electron chi connectivity index (χ2n) is 6.14. The highest BCUT2D eigenvalue weighted by atomic mass is 19.2. The molecule has 3 rings (SSSR count). The Hall–Kier alpha value is -2.58. The molecule has 0 unspecified atom stereocenters. The van der Waals surface area contributed by atoms with E-state index >= 15 is 0 Å². The molecule has 2 aromatic rings. The van der Waals surface area contributed by atoms with Gasteiger partial charge in [0.25, 0.3) is 0 Å². The van der Waals surface area contributed by atoms with Gasteiger partial charge in [-0.3, -0.25) is 0 Å². The van der Waals surface area contributed by atoms with Crippen molar-refractivity contribution in [3.63, 3.8) is 0 Å². The zero-order valence-electron chi connectivity index (χ0n) is 13.9. The number of benzene rings is 1. The van der Waals surface area contributed by atoms with Crippen molar-refractivity contribution in [3.8, 4) is 5.69 Å². The minimum atomic E-state index is -1.68. The first-order chi connectivity index (χ1) is 12.4. The number of carbonyl (C=O) groups excluding carboxylic acids is 1. The topological polar surface area (TPSA) is 50.2 Å². The molecule has 140 valence electrons. The Labute approximate surface area is 147 Å². The predicted octanol–water partition coefficient (Wildman–Crippen LogP) is 3.32. The summed E-state index contributed by atoms with van der Waals surface area (Å²) in [4.78, 5) is 13.5. The van der Waals surface area contributed by atoms with Gasteiger partial charge in [-0.1, -0.05) is 0 Å². The van der Waals surface area contributed by atoms with Crippen LogP contribution >= 0.6 is 0 Å². The summed E-state index contributed by atoms with van der Waals surface area (Å²) < 4.78 is 55.5. The van der Waals surface area contributed by atoms with Crippen LogP contribution in [-0.4, -0.2) is 40.1 Å². The smallest absolute Gasteiger partial charge is 0.319 e. The normalized spacial score (nSPS) is 15.8. The molecule has 26 heavy (non-hydrogen) atoms. The lowest BCUT2D eigenvalue weighted by Crippen LogP contribution is -2.46. The molecule has 5 nitrogen and oxygen atoms in total. The van der Waals surface area contributed by atoms with E-state index in [-0.39, 0.29) is 12.1 Å². The zero-order chi connectivity index (χ0) is 18.7. The fourth-order valence-corrected chi connectivity index (χ4v) is 2.91. The van der Waals surface area contributed by atoms with Gasteiger partial charge in [0.1, 0.15) is 11.5 Å². The van der Waals surface area contributed by atoms with E-state index in [9.17, 15) is 22.4 Å². The van der Waals surface area contributed by atoms with Gasteiger partial charge in [0.15, 0.2) is 17.9 Å². The number of hydrogen-bond acceptors (Lipinski definition) is 2. The first-order valence-corrected chi connectivity index (χ1v) is 8.33. The number of piperidine rings is 1. The summed E-state index contributed by atoms with van der Waals surface area (Å²) in [5.41, 5.74) is -0.357. The third kappa shape index (κ3) is 4.14. The Balaban J connectivity index is 1.64. The van der Waals surface area contributed by atoms with E-state index in [1.807, 2.05) is 0 Å². The summed E-state index contributed by atoms with van der Waals surface area (Å²) in [5.74, 6) is -3.28. The van der Waals surface area contributed by atoms with Gasteiger partial charge in [-0.2, -0.15) is 5.10 Å². The van der Waals surface area contributed by atoms with Crippen LogP contribution in [-0.2, 0) is 6.42 Å². The molecule has 2 amide bonds. The van der Waals surface area contributed by atoms with Crippen molar-refractivity contribution in [2.45, 2.75) is 32.0 Å². The quantitative estimate of drug-likeness (QED) is 0.663. The highest BCUT2D eigenvalue weighted by Gasteiger charge is 2.21. The van der Waals surface area contributed by atoms with Gasteiger partial charge in [-0.15, -0.1) is 0 Å². The van der Waals surface area contributed by atoms with E-state index in [1.165, 1.54) is 12.3 Å². The molecule has 1 saturated heterocycles. The third-order valence-corrected chi connectivity index (χ3v) is 4.17. The Bertz CT molecular complexity index is 766. The molecule has 0 saturated carbocycles. The van der Waals surface area contributed by atoms with Crippen molar-refractivity contribution < 1.29 is 22.4 Å². The lowest BCUT2D eigenvalue weighted by Gasteiger charge is -2.27. The lowest BCUT2D eigenvalue weighted by molar-refractivity contribution is 0.167.